The summed E-state index contributed by atoms with van der Waals surface area (Å²) in [5, 5.41) is 0. The normalized spacial score (nSPS) is 12.8. The first-order valence-corrected chi connectivity index (χ1v) is 16.3. The van der Waals surface area contributed by atoms with Gasteiger partial charge in [-0.25, -0.2) is 0 Å². The molecular formula is C41H48F6. The van der Waals surface area contributed by atoms with Crippen molar-refractivity contribution in [1.29, 1.82) is 0 Å². The summed E-state index contributed by atoms with van der Waals surface area (Å²) in [7, 11) is 0. The van der Waals surface area contributed by atoms with Gasteiger partial charge in [0.1, 0.15) is 0 Å². The second kappa shape index (κ2) is 14.7. The van der Waals surface area contributed by atoms with Crippen LogP contribution < -0.4 is 0 Å². The lowest BCUT2D eigenvalue weighted by Gasteiger charge is -2.38. The highest BCUT2D eigenvalue weighted by molar-refractivity contribution is 5.46. The second-order valence-electron chi connectivity index (χ2n) is 13.8. The average Bonchev–Trinajstić information content (AvgIpc) is 3.01. The number of rotatable bonds is 8. The van der Waals surface area contributed by atoms with E-state index in [2.05, 4.69) is 90.1 Å². The van der Waals surface area contributed by atoms with Crippen molar-refractivity contribution in [3.63, 3.8) is 0 Å². The Morgan fingerprint density at radius 2 is 0.681 bits per heavy atom. The van der Waals surface area contributed by atoms with Crippen LogP contribution in [0.15, 0.2) is 97.1 Å². The molecule has 254 valence electrons. The Balaban J connectivity index is 0.000000261. The zero-order valence-corrected chi connectivity index (χ0v) is 28.9. The van der Waals surface area contributed by atoms with Gasteiger partial charge in [-0.2, -0.15) is 26.3 Å². The molecule has 0 saturated heterocycles. The van der Waals surface area contributed by atoms with Crippen LogP contribution in [0.3, 0.4) is 0 Å². The van der Waals surface area contributed by atoms with E-state index in [0.29, 0.717) is 29.4 Å². The van der Waals surface area contributed by atoms with E-state index in [0.717, 1.165) is 24.3 Å². The van der Waals surface area contributed by atoms with Gasteiger partial charge in [-0.1, -0.05) is 159 Å². The molecule has 4 aromatic rings. The van der Waals surface area contributed by atoms with E-state index >= 15 is 0 Å². The summed E-state index contributed by atoms with van der Waals surface area (Å²) in [6.45, 7) is 19.0. The summed E-state index contributed by atoms with van der Waals surface area (Å²) in [4.78, 5) is 0. The average molecular weight is 655 g/mol. The molecule has 0 aliphatic rings. The fourth-order valence-corrected chi connectivity index (χ4v) is 5.83. The molecule has 0 amide bonds. The number of halogens is 6. The van der Waals surface area contributed by atoms with Gasteiger partial charge in [-0.15, -0.1) is 0 Å². The third-order valence-corrected chi connectivity index (χ3v) is 9.25. The predicted molar refractivity (Wildman–Crippen MR) is 182 cm³/mol. The monoisotopic (exact) mass is 654 g/mol. The van der Waals surface area contributed by atoms with E-state index in [1.807, 2.05) is 13.8 Å². The molecule has 0 radical (unpaired) electrons. The number of aryl methyl sites for hydroxylation is 1. The first-order chi connectivity index (χ1) is 21.8. The Labute approximate surface area is 277 Å². The number of alkyl halides is 6. The molecule has 0 N–H and O–H groups in total. The molecule has 0 fully saturated rings. The fourth-order valence-electron chi connectivity index (χ4n) is 5.83. The van der Waals surface area contributed by atoms with Crippen LogP contribution in [0.25, 0.3) is 0 Å². The van der Waals surface area contributed by atoms with Crippen LogP contribution in [0, 0.1) is 0 Å². The molecular weight excluding hydrogens is 606 g/mol. The number of hydrogen-bond acceptors (Lipinski definition) is 0. The standard InChI is InChI=1S/C21H28.C20H20F6/c1-15(2)17-7-11-19(12-8-17)21(5,6)20-13-9-18(10-14-20)16(3)4;1-4-14-5-9-16(10-6-14)18(19(21,22)23,20(24,25)26)17-11-7-15(8-12-17)13(2)3/h7-16H,1-6H3;5-13H,4H2,1-3H3. The molecule has 0 aromatic heterocycles. The van der Waals surface area contributed by atoms with Gasteiger partial charge in [0.2, 0.25) is 5.41 Å². The second-order valence-corrected chi connectivity index (χ2v) is 13.8. The summed E-state index contributed by atoms with van der Waals surface area (Å²) >= 11 is 0. The minimum Gasteiger partial charge on any atom is -0.169 e. The van der Waals surface area contributed by atoms with Crippen molar-refractivity contribution in [2.24, 2.45) is 0 Å². The minimum atomic E-state index is -5.54. The Morgan fingerprint density at radius 1 is 0.426 bits per heavy atom. The van der Waals surface area contributed by atoms with Gasteiger partial charge in [0.05, 0.1) is 0 Å². The van der Waals surface area contributed by atoms with Crippen molar-refractivity contribution in [2.75, 3.05) is 0 Å². The van der Waals surface area contributed by atoms with Gasteiger partial charge >= 0.3 is 12.4 Å². The van der Waals surface area contributed by atoms with E-state index in [1.165, 1.54) is 46.5 Å². The molecule has 0 atom stereocenters. The first kappa shape index (κ1) is 37.9. The summed E-state index contributed by atoms with van der Waals surface area (Å²) in [5.41, 5.74) is 1.24. The Kier molecular flexibility index (Phi) is 11.9. The highest BCUT2D eigenvalue weighted by Crippen LogP contribution is 2.56. The van der Waals surface area contributed by atoms with Gasteiger partial charge in [0, 0.05) is 5.41 Å². The Hall–Kier alpha value is -3.54. The van der Waals surface area contributed by atoms with Crippen molar-refractivity contribution in [3.8, 4) is 0 Å². The van der Waals surface area contributed by atoms with E-state index in [-0.39, 0.29) is 11.3 Å². The minimum absolute atomic E-state index is 0.000869. The van der Waals surface area contributed by atoms with Gasteiger partial charge in [-0.05, 0) is 68.7 Å². The topological polar surface area (TPSA) is 0 Å². The Morgan fingerprint density at radius 3 is 0.915 bits per heavy atom. The summed E-state index contributed by atoms with van der Waals surface area (Å²) in [6.07, 6.45) is -10.6. The molecule has 0 unspecified atom stereocenters. The fraction of sp³-hybridized carbons (Fsp3) is 0.415. The highest BCUT2D eigenvalue weighted by Gasteiger charge is 2.72. The molecule has 0 nitrogen and oxygen atoms in total. The first-order valence-electron chi connectivity index (χ1n) is 16.3. The Bertz CT molecular complexity index is 1470. The quantitative estimate of drug-likeness (QED) is 0.166. The maximum Gasteiger partial charge on any atom is 0.411 e. The van der Waals surface area contributed by atoms with Crippen molar-refractivity contribution in [1.82, 2.24) is 0 Å². The third kappa shape index (κ3) is 8.13. The van der Waals surface area contributed by atoms with Crippen molar-refractivity contribution < 1.29 is 26.3 Å². The van der Waals surface area contributed by atoms with Crippen LogP contribution in [-0.2, 0) is 17.3 Å². The SMILES string of the molecule is CC(C)c1ccc(C(C)(C)c2ccc(C(C)C)cc2)cc1.CCc1ccc(C(c2ccc(C(C)C)cc2)(C(F)(F)F)C(F)(F)F)cc1. The van der Waals surface area contributed by atoms with Crippen LogP contribution in [0.2, 0.25) is 0 Å². The highest BCUT2D eigenvalue weighted by atomic mass is 19.4. The van der Waals surface area contributed by atoms with E-state index in [1.54, 1.807) is 6.92 Å². The zero-order valence-electron chi connectivity index (χ0n) is 28.9. The third-order valence-electron chi connectivity index (χ3n) is 9.25. The number of benzene rings is 4. The lowest BCUT2D eigenvalue weighted by atomic mass is 9.72. The van der Waals surface area contributed by atoms with Crippen LogP contribution in [0.1, 0.15) is 125 Å². The molecule has 6 heteroatoms. The predicted octanol–water partition coefficient (Wildman–Crippen LogP) is 13.0. The maximum atomic E-state index is 14.0. The van der Waals surface area contributed by atoms with E-state index in [4.69, 9.17) is 0 Å². The molecule has 0 saturated carbocycles. The van der Waals surface area contributed by atoms with Crippen LogP contribution >= 0.6 is 0 Å². The lowest BCUT2D eigenvalue weighted by molar-refractivity contribution is -0.288. The van der Waals surface area contributed by atoms with Crippen LogP contribution in [-0.4, -0.2) is 12.4 Å². The van der Waals surface area contributed by atoms with Gasteiger partial charge in [-0.3, -0.25) is 0 Å². The molecule has 0 bridgehead atoms. The number of hydrogen-bond donors (Lipinski definition) is 0. The molecule has 4 aromatic carbocycles. The van der Waals surface area contributed by atoms with Gasteiger partial charge in [0.25, 0.3) is 0 Å². The molecule has 0 spiro atoms. The molecule has 0 aliphatic heterocycles. The summed E-state index contributed by atoms with van der Waals surface area (Å²) in [5.74, 6) is 1.18. The van der Waals surface area contributed by atoms with Crippen LogP contribution in [0.4, 0.5) is 26.3 Å². The van der Waals surface area contributed by atoms with Crippen LogP contribution in [0.5, 0.6) is 0 Å². The van der Waals surface area contributed by atoms with Crippen molar-refractivity contribution in [2.45, 2.75) is 110 Å². The summed E-state index contributed by atoms with van der Waals surface area (Å²) in [6, 6.07) is 27.2. The van der Waals surface area contributed by atoms with Gasteiger partial charge < -0.3 is 0 Å². The molecule has 4 rings (SSSR count). The zero-order chi connectivity index (χ0) is 35.4. The summed E-state index contributed by atoms with van der Waals surface area (Å²) < 4.78 is 83.8. The van der Waals surface area contributed by atoms with Crippen molar-refractivity contribution >= 4 is 0 Å². The van der Waals surface area contributed by atoms with E-state index in [9.17, 15) is 26.3 Å². The van der Waals surface area contributed by atoms with E-state index < -0.39 is 28.9 Å². The smallest absolute Gasteiger partial charge is 0.169 e. The molecule has 0 aliphatic carbocycles. The molecule has 0 heterocycles. The van der Waals surface area contributed by atoms with Gasteiger partial charge in [0.15, 0.2) is 0 Å². The maximum absolute atomic E-state index is 14.0. The lowest BCUT2D eigenvalue weighted by Crippen LogP contribution is -2.54. The van der Waals surface area contributed by atoms with Crippen molar-refractivity contribution in [3.05, 3.63) is 142 Å². The largest absolute Gasteiger partial charge is 0.411 e. The molecule has 47 heavy (non-hydrogen) atoms.